The number of nitrogens with zero attached hydrogens (tertiary/aromatic N) is 2. The van der Waals surface area contributed by atoms with Crippen molar-refractivity contribution in [3.8, 4) is 0 Å². The molecule has 0 bridgehead atoms. The molecule has 0 saturated carbocycles. The molecule has 0 unspecified atom stereocenters. The van der Waals surface area contributed by atoms with Crippen LogP contribution in [0.25, 0.3) is 0 Å². The Morgan fingerprint density at radius 2 is 1.03 bits per heavy atom. The van der Waals surface area contributed by atoms with Crippen LogP contribution in [-0.2, 0) is 0 Å². The zero-order valence-corrected chi connectivity index (χ0v) is 25.4. The minimum absolute atomic E-state index is 0.0571. The van der Waals surface area contributed by atoms with Crippen LogP contribution < -0.4 is 0 Å². The summed E-state index contributed by atoms with van der Waals surface area (Å²) in [5.74, 6) is 0. The molecule has 0 atom stereocenters. The molecule has 0 radical (unpaired) electrons. The van der Waals surface area contributed by atoms with Gasteiger partial charge in [0.2, 0.25) is 0 Å². The number of aromatic nitrogens is 2. The van der Waals surface area contributed by atoms with E-state index < -0.39 is 0 Å². The predicted octanol–water partition coefficient (Wildman–Crippen LogP) is 11.6. The fourth-order valence-corrected chi connectivity index (χ4v) is 8.85. The molecule has 4 rings (SSSR count). The van der Waals surface area contributed by atoms with Gasteiger partial charge < -0.3 is 0 Å². The Kier molecular flexibility index (Phi) is 12.4. The lowest BCUT2D eigenvalue weighted by molar-refractivity contribution is 0.276. The molecule has 15 heteroatoms. The lowest BCUT2D eigenvalue weighted by Gasteiger charge is -1.98. The second kappa shape index (κ2) is 14.7. The molecule has 0 fully saturated rings. The van der Waals surface area contributed by atoms with Crippen molar-refractivity contribution in [1.82, 2.24) is 9.97 Å². The molecule has 0 aliphatic carbocycles. The standard InChI is InChI=1S/C10H4Cl3NOS3.C10H5Cl2NOS3/c11-5-1-3-6(4-2-5)16-10(15)18-9-14-7(12)8(13)17-9;11-7-8(12)16-9(13-7)17-10(14)15-6-4-2-1-3-5-6/h1-4H;1-5H. The second-order valence-corrected chi connectivity index (χ2v) is 15.2. The summed E-state index contributed by atoms with van der Waals surface area (Å²) in [5.41, 5.74) is 0. The predicted molar refractivity (Wildman–Crippen MR) is 156 cm³/mol. The average molecular weight is 679 g/mol. The zero-order valence-electron chi connectivity index (χ0n) is 16.7. The summed E-state index contributed by atoms with van der Waals surface area (Å²) in [6.07, 6.45) is 0. The molecule has 2 aromatic heterocycles. The molecular formula is C20H9Cl5N2O2S6. The summed E-state index contributed by atoms with van der Waals surface area (Å²) < 4.78 is 1.75. The first-order chi connectivity index (χ1) is 16.7. The molecule has 182 valence electrons. The lowest BCUT2D eigenvalue weighted by atomic mass is 10.4. The quantitative estimate of drug-likeness (QED) is 0.198. The van der Waals surface area contributed by atoms with Crippen molar-refractivity contribution in [1.29, 1.82) is 0 Å². The Labute approximate surface area is 250 Å². The van der Waals surface area contributed by atoms with E-state index in [2.05, 4.69) is 9.97 Å². The summed E-state index contributed by atoms with van der Waals surface area (Å²) in [4.78, 5) is 33.1. The van der Waals surface area contributed by atoms with Gasteiger partial charge in [-0.2, -0.15) is 0 Å². The van der Waals surface area contributed by atoms with Crippen LogP contribution in [0.4, 0.5) is 9.59 Å². The monoisotopic (exact) mass is 676 g/mol. The third-order valence-electron chi connectivity index (χ3n) is 3.36. The Hall–Kier alpha value is -0.110. The molecule has 0 spiro atoms. The maximum atomic E-state index is 11.8. The summed E-state index contributed by atoms with van der Waals surface area (Å²) in [7, 11) is 0. The van der Waals surface area contributed by atoms with E-state index in [1.54, 1.807) is 24.3 Å². The molecule has 35 heavy (non-hydrogen) atoms. The molecule has 0 aliphatic heterocycles. The summed E-state index contributed by atoms with van der Waals surface area (Å²) in [6, 6.07) is 16.5. The zero-order chi connectivity index (χ0) is 25.4. The van der Waals surface area contributed by atoms with E-state index in [9.17, 15) is 9.59 Å². The maximum Gasteiger partial charge on any atom is 0.257 e. The van der Waals surface area contributed by atoms with Crippen LogP contribution in [0.15, 0.2) is 73.1 Å². The molecule has 2 heterocycles. The van der Waals surface area contributed by atoms with Crippen molar-refractivity contribution < 1.29 is 9.59 Å². The fourth-order valence-electron chi connectivity index (χ4n) is 1.99. The van der Waals surface area contributed by atoms with Gasteiger partial charge in [0.25, 0.3) is 8.89 Å². The molecule has 4 nitrogen and oxygen atoms in total. The van der Waals surface area contributed by atoms with E-state index in [-0.39, 0.29) is 19.2 Å². The van der Waals surface area contributed by atoms with E-state index in [1.165, 1.54) is 22.7 Å². The van der Waals surface area contributed by atoms with Crippen LogP contribution >= 0.6 is 128 Å². The van der Waals surface area contributed by atoms with Gasteiger partial charge in [0.1, 0.15) is 8.67 Å². The lowest BCUT2D eigenvalue weighted by Crippen LogP contribution is -1.81. The van der Waals surface area contributed by atoms with Gasteiger partial charge >= 0.3 is 0 Å². The van der Waals surface area contributed by atoms with Crippen LogP contribution in [0.5, 0.6) is 0 Å². The van der Waals surface area contributed by atoms with Crippen LogP contribution in [0.3, 0.4) is 0 Å². The number of carbonyl (C=O) groups excluding carboxylic acids is 2. The molecule has 0 N–H and O–H groups in total. The van der Waals surface area contributed by atoms with E-state index in [4.69, 9.17) is 58.0 Å². The highest BCUT2D eigenvalue weighted by Gasteiger charge is 2.14. The number of hydrogen-bond acceptors (Lipinski definition) is 10. The second-order valence-electron chi connectivity index (χ2n) is 5.76. The fraction of sp³-hybridized carbons (Fsp3) is 0. The first-order valence-corrected chi connectivity index (χ1v) is 15.7. The maximum absolute atomic E-state index is 11.8. The normalized spacial score (nSPS) is 10.5. The van der Waals surface area contributed by atoms with Crippen LogP contribution in [0, 0.1) is 0 Å². The van der Waals surface area contributed by atoms with E-state index in [1.807, 2.05) is 30.3 Å². The van der Waals surface area contributed by atoms with E-state index >= 15 is 0 Å². The summed E-state index contributed by atoms with van der Waals surface area (Å²) >= 11 is 35.4. The largest absolute Gasteiger partial charge is 0.274 e. The third-order valence-corrected chi connectivity index (χ3v) is 10.9. The summed E-state index contributed by atoms with van der Waals surface area (Å²) in [6.45, 7) is 0. The van der Waals surface area contributed by atoms with Crippen molar-refractivity contribution in [2.24, 2.45) is 0 Å². The first kappa shape index (κ1) is 29.4. The number of carbonyl (C=O) groups is 2. The van der Waals surface area contributed by atoms with Gasteiger partial charge in [-0.3, -0.25) is 9.59 Å². The Bertz CT molecular complexity index is 1260. The van der Waals surface area contributed by atoms with Crippen molar-refractivity contribution >= 4 is 137 Å². The Morgan fingerprint density at radius 3 is 1.43 bits per heavy atom. The Balaban J connectivity index is 0.000000196. The van der Waals surface area contributed by atoms with Crippen LogP contribution in [0.1, 0.15) is 0 Å². The molecule has 0 saturated heterocycles. The van der Waals surface area contributed by atoms with Gasteiger partial charge in [0.15, 0.2) is 19.0 Å². The highest BCUT2D eigenvalue weighted by atomic mass is 35.5. The van der Waals surface area contributed by atoms with E-state index in [0.29, 0.717) is 22.4 Å². The van der Waals surface area contributed by atoms with Gasteiger partial charge in [0.05, 0.1) is 0 Å². The van der Waals surface area contributed by atoms with Crippen molar-refractivity contribution in [2.75, 3.05) is 0 Å². The molecule has 0 amide bonds. The van der Waals surface area contributed by atoms with Gasteiger partial charge in [-0.05, 0) is 83.4 Å². The van der Waals surface area contributed by atoms with Crippen molar-refractivity contribution in [3.63, 3.8) is 0 Å². The number of halogens is 5. The topological polar surface area (TPSA) is 59.9 Å². The smallest absolute Gasteiger partial charge is 0.257 e. The van der Waals surface area contributed by atoms with E-state index in [0.717, 1.165) is 56.8 Å². The molecule has 0 aliphatic rings. The molecular weight excluding hydrogens is 670 g/mol. The van der Waals surface area contributed by atoms with Gasteiger partial charge in [-0.25, -0.2) is 9.97 Å². The van der Waals surface area contributed by atoms with Crippen LogP contribution in [0.2, 0.25) is 24.0 Å². The minimum atomic E-state index is -0.0978. The number of rotatable bonds is 4. The van der Waals surface area contributed by atoms with Crippen molar-refractivity contribution in [2.45, 2.75) is 18.5 Å². The third kappa shape index (κ3) is 10.3. The number of hydrogen-bond donors (Lipinski definition) is 0. The Morgan fingerprint density at radius 1 is 0.600 bits per heavy atom. The highest BCUT2D eigenvalue weighted by Crippen LogP contribution is 2.39. The minimum Gasteiger partial charge on any atom is -0.274 e. The first-order valence-electron chi connectivity index (χ1n) is 8.93. The van der Waals surface area contributed by atoms with Crippen LogP contribution in [-0.4, -0.2) is 18.9 Å². The molecule has 2 aromatic carbocycles. The number of thioether (sulfide) groups is 4. The SMILES string of the molecule is O=C(Sc1ccc(Cl)cc1)Sc1nc(Cl)c(Cl)s1.O=C(Sc1ccccc1)Sc1nc(Cl)c(Cl)s1. The van der Waals surface area contributed by atoms with Gasteiger partial charge in [-0.1, -0.05) is 98.9 Å². The number of benzene rings is 2. The molecule has 4 aromatic rings. The number of thiazole rings is 2. The summed E-state index contributed by atoms with van der Waals surface area (Å²) in [5, 5.41) is 1.11. The average Bonchev–Trinajstić information content (AvgIpc) is 3.29. The van der Waals surface area contributed by atoms with Crippen molar-refractivity contribution in [3.05, 3.63) is 78.6 Å². The van der Waals surface area contributed by atoms with Gasteiger partial charge in [0, 0.05) is 14.8 Å². The van der Waals surface area contributed by atoms with Gasteiger partial charge in [-0.15, -0.1) is 0 Å². The highest BCUT2D eigenvalue weighted by molar-refractivity contribution is 8.39.